The Morgan fingerprint density at radius 3 is 2.75 bits per heavy atom. The molecule has 0 heterocycles. The van der Waals surface area contributed by atoms with Crippen LogP contribution in [0.25, 0.3) is 0 Å². The van der Waals surface area contributed by atoms with Crippen molar-refractivity contribution >= 4 is 0 Å². The Balaban J connectivity index is 2.02. The molecular formula is C15H21N. The molecule has 1 heteroatoms. The first-order valence-electron chi connectivity index (χ1n) is 6.52. The summed E-state index contributed by atoms with van der Waals surface area (Å²) in [6, 6.07) is 7.41. The lowest BCUT2D eigenvalue weighted by Crippen LogP contribution is -2.31. The fraction of sp³-hybridized carbons (Fsp3) is 0.600. The molecule has 2 unspecified atom stereocenters. The van der Waals surface area contributed by atoms with Gasteiger partial charge in [-0.1, -0.05) is 25.1 Å². The van der Waals surface area contributed by atoms with Crippen molar-refractivity contribution < 1.29 is 0 Å². The van der Waals surface area contributed by atoms with Crippen molar-refractivity contribution in [2.24, 2.45) is 5.73 Å². The summed E-state index contributed by atoms with van der Waals surface area (Å²) in [5, 5.41) is 0. The Bertz CT molecular complexity index is 415. The molecule has 0 amide bonds. The number of aryl methyl sites for hydroxylation is 1. The summed E-state index contributed by atoms with van der Waals surface area (Å²) < 4.78 is 0. The molecule has 0 spiro atoms. The van der Waals surface area contributed by atoms with E-state index in [-0.39, 0.29) is 0 Å². The van der Waals surface area contributed by atoms with Gasteiger partial charge in [0.25, 0.3) is 0 Å². The zero-order valence-corrected chi connectivity index (χ0v) is 10.3. The summed E-state index contributed by atoms with van der Waals surface area (Å²) in [4.78, 5) is 0. The third kappa shape index (κ3) is 1.34. The van der Waals surface area contributed by atoms with Crippen LogP contribution in [0.2, 0.25) is 0 Å². The monoisotopic (exact) mass is 215 g/mol. The number of hydrogen-bond acceptors (Lipinski definition) is 1. The van der Waals surface area contributed by atoms with Gasteiger partial charge in [0.05, 0.1) is 0 Å². The Kier molecular flexibility index (Phi) is 2.16. The van der Waals surface area contributed by atoms with Gasteiger partial charge in [0.1, 0.15) is 0 Å². The van der Waals surface area contributed by atoms with Crippen molar-refractivity contribution in [2.75, 3.05) is 0 Å². The van der Waals surface area contributed by atoms with Crippen LogP contribution in [-0.4, -0.2) is 6.04 Å². The maximum atomic E-state index is 6.14. The molecule has 0 aliphatic heterocycles. The lowest BCUT2D eigenvalue weighted by molar-refractivity contribution is 0.556. The molecule has 1 aromatic rings. The minimum atomic E-state index is 0.294. The highest BCUT2D eigenvalue weighted by molar-refractivity contribution is 5.43. The molecule has 1 aromatic carbocycles. The van der Waals surface area contributed by atoms with E-state index >= 15 is 0 Å². The van der Waals surface area contributed by atoms with Crippen LogP contribution in [-0.2, 0) is 11.8 Å². The van der Waals surface area contributed by atoms with Crippen molar-refractivity contribution in [3.8, 4) is 0 Å². The predicted octanol–water partition coefficient (Wildman–Crippen LogP) is 3.12. The van der Waals surface area contributed by atoms with Gasteiger partial charge in [-0.3, -0.25) is 0 Å². The normalized spacial score (nSPS) is 27.6. The van der Waals surface area contributed by atoms with E-state index in [1.165, 1.54) is 31.2 Å². The topological polar surface area (TPSA) is 26.0 Å². The first-order chi connectivity index (χ1) is 7.63. The van der Waals surface area contributed by atoms with Crippen molar-refractivity contribution in [3.63, 3.8) is 0 Å². The van der Waals surface area contributed by atoms with Crippen LogP contribution < -0.4 is 5.73 Å². The molecule has 2 N–H and O–H groups in total. The average Bonchev–Trinajstić information content (AvgIpc) is 3.01. The fourth-order valence-corrected chi connectivity index (χ4v) is 3.26. The first kappa shape index (κ1) is 10.3. The highest BCUT2D eigenvalue weighted by atomic mass is 14.7. The lowest BCUT2D eigenvalue weighted by atomic mass is 9.87. The fourth-order valence-electron chi connectivity index (χ4n) is 3.26. The summed E-state index contributed by atoms with van der Waals surface area (Å²) in [5.74, 6) is 0.749. The van der Waals surface area contributed by atoms with E-state index < -0.39 is 0 Å². The zero-order chi connectivity index (χ0) is 11.3. The molecule has 0 radical (unpaired) electrons. The molecular weight excluding hydrogens is 194 g/mol. The van der Waals surface area contributed by atoms with E-state index in [0.717, 1.165) is 5.92 Å². The number of hydrogen-bond donors (Lipinski definition) is 1. The van der Waals surface area contributed by atoms with E-state index in [1.807, 2.05) is 0 Å². The molecule has 2 aliphatic rings. The molecule has 1 nitrogen and oxygen atoms in total. The van der Waals surface area contributed by atoms with Crippen LogP contribution in [0.5, 0.6) is 0 Å². The molecule has 0 bridgehead atoms. The quantitative estimate of drug-likeness (QED) is 0.806. The Morgan fingerprint density at radius 2 is 2.12 bits per heavy atom. The number of benzene rings is 1. The van der Waals surface area contributed by atoms with Gasteiger partial charge in [-0.15, -0.1) is 0 Å². The molecule has 86 valence electrons. The maximum Gasteiger partial charge on any atom is 0.0108 e. The first-order valence-corrected chi connectivity index (χ1v) is 6.52. The summed E-state index contributed by atoms with van der Waals surface area (Å²) >= 11 is 0. The maximum absolute atomic E-state index is 6.14. The number of fused-ring (bicyclic) bond motifs is 1. The molecule has 0 saturated heterocycles. The zero-order valence-electron chi connectivity index (χ0n) is 10.3. The second-order valence-electron chi connectivity index (χ2n) is 5.80. The van der Waals surface area contributed by atoms with Gasteiger partial charge in [0, 0.05) is 11.5 Å². The molecule has 1 saturated carbocycles. The van der Waals surface area contributed by atoms with Crippen LogP contribution in [0.4, 0.5) is 0 Å². The van der Waals surface area contributed by atoms with E-state index in [4.69, 9.17) is 5.73 Å². The van der Waals surface area contributed by atoms with Crippen molar-refractivity contribution in [1.82, 2.24) is 0 Å². The standard InChI is InChI=1S/C15H21N/c1-10-3-4-12-5-6-13(9-14(10)12)15(7-8-15)11(2)16/h5-6,9-11H,3-4,7-8,16H2,1-2H3. The second-order valence-corrected chi connectivity index (χ2v) is 5.80. The van der Waals surface area contributed by atoms with Crippen molar-refractivity contribution in [3.05, 3.63) is 34.9 Å². The molecule has 2 aliphatic carbocycles. The highest BCUT2D eigenvalue weighted by Gasteiger charge is 2.47. The van der Waals surface area contributed by atoms with Gasteiger partial charge in [-0.2, -0.15) is 0 Å². The van der Waals surface area contributed by atoms with E-state index in [1.54, 1.807) is 11.1 Å². The van der Waals surface area contributed by atoms with Crippen molar-refractivity contribution in [1.29, 1.82) is 0 Å². The van der Waals surface area contributed by atoms with Gasteiger partial charge in [0.2, 0.25) is 0 Å². The Hall–Kier alpha value is -0.820. The molecule has 16 heavy (non-hydrogen) atoms. The largest absolute Gasteiger partial charge is 0.327 e. The molecule has 3 rings (SSSR count). The van der Waals surface area contributed by atoms with Gasteiger partial charge < -0.3 is 5.73 Å². The van der Waals surface area contributed by atoms with Crippen LogP contribution in [0.1, 0.15) is 55.7 Å². The van der Waals surface area contributed by atoms with Crippen LogP contribution in [0.3, 0.4) is 0 Å². The Labute approximate surface area is 98.0 Å². The van der Waals surface area contributed by atoms with E-state index in [2.05, 4.69) is 32.0 Å². The summed E-state index contributed by atoms with van der Waals surface area (Å²) in [5.41, 5.74) is 11.1. The van der Waals surface area contributed by atoms with Gasteiger partial charge in [-0.25, -0.2) is 0 Å². The molecule has 2 atom stereocenters. The summed E-state index contributed by atoms with van der Waals surface area (Å²) in [6.45, 7) is 4.50. The summed E-state index contributed by atoms with van der Waals surface area (Å²) in [7, 11) is 0. The lowest BCUT2D eigenvalue weighted by Gasteiger charge is -2.21. The number of rotatable bonds is 2. The smallest absolute Gasteiger partial charge is 0.0108 e. The van der Waals surface area contributed by atoms with Crippen LogP contribution in [0, 0.1) is 0 Å². The van der Waals surface area contributed by atoms with E-state index in [0.29, 0.717) is 11.5 Å². The second kappa shape index (κ2) is 3.33. The highest BCUT2D eigenvalue weighted by Crippen LogP contribution is 2.51. The van der Waals surface area contributed by atoms with Crippen LogP contribution >= 0.6 is 0 Å². The summed E-state index contributed by atoms with van der Waals surface area (Å²) in [6.07, 6.45) is 5.14. The predicted molar refractivity (Wildman–Crippen MR) is 67.7 cm³/mol. The molecule has 1 fully saturated rings. The average molecular weight is 215 g/mol. The number of nitrogens with two attached hydrogens (primary N) is 1. The van der Waals surface area contributed by atoms with Crippen molar-refractivity contribution in [2.45, 2.75) is 56.9 Å². The third-order valence-electron chi connectivity index (χ3n) is 4.76. The van der Waals surface area contributed by atoms with Gasteiger partial charge in [-0.05, 0) is 55.2 Å². The molecule has 0 aromatic heterocycles. The van der Waals surface area contributed by atoms with E-state index in [9.17, 15) is 0 Å². The SMILES string of the molecule is CC1CCc2ccc(C3(C(C)N)CC3)cc21. The minimum absolute atomic E-state index is 0.294. The van der Waals surface area contributed by atoms with Gasteiger partial charge in [0.15, 0.2) is 0 Å². The van der Waals surface area contributed by atoms with Gasteiger partial charge >= 0.3 is 0 Å². The van der Waals surface area contributed by atoms with Crippen LogP contribution in [0.15, 0.2) is 18.2 Å². The minimum Gasteiger partial charge on any atom is -0.327 e. The third-order valence-corrected chi connectivity index (χ3v) is 4.76. The Morgan fingerprint density at radius 1 is 1.38 bits per heavy atom.